The predicted molar refractivity (Wildman–Crippen MR) is 91.9 cm³/mol. The second-order valence-corrected chi connectivity index (χ2v) is 6.44. The molecule has 8 heteroatoms. The van der Waals surface area contributed by atoms with Crippen molar-refractivity contribution in [3.63, 3.8) is 0 Å². The normalized spacial score (nSPS) is 15.8. The minimum atomic E-state index is 0.0190. The summed E-state index contributed by atoms with van der Waals surface area (Å²) in [6, 6.07) is 1.84. The van der Waals surface area contributed by atoms with Crippen LogP contribution in [0.15, 0.2) is 23.8 Å². The number of nitrogens with one attached hydrogen (secondary N) is 1. The highest BCUT2D eigenvalue weighted by Gasteiger charge is 2.20. The summed E-state index contributed by atoms with van der Waals surface area (Å²) >= 11 is 1.66. The molecule has 0 atom stereocenters. The zero-order chi connectivity index (χ0) is 16.1. The molecule has 1 N–H and O–H groups in total. The van der Waals surface area contributed by atoms with E-state index in [-0.39, 0.29) is 5.91 Å². The highest BCUT2D eigenvalue weighted by atomic mass is 32.1. The lowest BCUT2D eigenvalue weighted by Crippen LogP contribution is -2.48. The van der Waals surface area contributed by atoms with Crippen LogP contribution in [-0.2, 0) is 11.3 Å². The van der Waals surface area contributed by atoms with Gasteiger partial charge in [-0.15, -0.1) is 11.3 Å². The van der Waals surface area contributed by atoms with Gasteiger partial charge in [-0.25, -0.2) is 9.67 Å². The van der Waals surface area contributed by atoms with E-state index < -0.39 is 0 Å². The Balaban J connectivity index is 1.46. The lowest BCUT2D eigenvalue weighted by molar-refractivity contribution is -0.117. The summed E-state index contributed by atoms with van der Waals surface area (Å²) in [7, 11) is 0. The average Bonchev–Trinajstić information content (AvgIpc) is 3.21. The van der Waals surface area contributed by atoms with Crippen LogP contribution in [0.1, 0.15) is 13.3 Å². The number of thiazole rings is 1. The number of anilines is 2. The molecule has 1 aliphatic rings. The Morgan fingerprint density at radius 3 is 2.83 bits per heavy atom. The molecule has 23 heavy (non-hydrogen) atoms. The Hall–Kier alpha value is -1.93. The van der Waals surface area contributed by atoms with E-state index in [4.69, 9.17) is 0 Å². The van der Waals surface area contributed by atoms with Gasteiger partial charge in [0.2, 0.25) is 5.91 Å². The first-order valence-corrected chi connectivity index (χ1v) is 8.82. The number of amides is 1. The highest BCUT2D eigenvalue weighted by Crippen LogP contribution is 2.18. The number of carbonyl (C=O) groups is 1. The van der Waals surface area contributed by atoms with E-state index in [2.05, 4.69) is 32.1 Å². The van der Waals surface area contributed by atoms with Crippen LogP contribution in [0.25, 0.3) is 0 Å². The summed E-state index contributed by atoms with van der Waals surface area (Å²) in [6.07, 6.45) is 4.54. The van der Waals surface area contributed by atoms with Gasteiger partial charge in [0, 0.05) is 50.4 Å². The van der Waals surface area contributed by atoms with Crippen molar-refractivity contribution in [1.29, 1.82) is 0 Å². The van der Waals surface area contributed by atoms with Crippen LogP contribution in [0, 0.1) is 0 Å². The summed E-state index contributed by atoms with van der Waals surface area (Å²) in [4.78, 5) is 21.0. The van der Waals surface area contributed by atoms with E-state index >= 15 is 0 Å². The zero-order valence-corrected chi connectivity index (χ0v) is 14.1. The molecular formula is C15H22N6OS. The summed E-state index contributed by atoms with van der Waals surface area (Å²) in [5.74, 6) is 0.795. The van der Waals surface area contributed by atoms with Crippen LogP contribution in [-0.4, -0.2) is 58.3 Å². The van der Waals surface area contributed by atoms with Crippen LogP contribution in [0.2, 0.25) is 0 Å². The Bertz CT molecular complexity index is 618. The standard InChI is InChI=1S/C15H22N6OS/c1-2-6-21-13(3-4-17-21)18-14(22)12-19-7-9-20(10-8-19)15-16-5-11-23-15/h3-5,11H,2,6-10,12H2,1H3,(H,18,22). The van der Waals surface area contributed by atoms with E-state index in [1.807, 2.05) is 22.3 Å². The van der Waals surface area contributed by atoms with Crippen LogP contribution in [0.4, 0.5) is 10.9 Å². The van der Waals surface area contributed by atoms with E-state index in [1.165, 1.54) is 0 Å². The second kappa shape index (κ2) is 7.56. The van der Waals surface area contributed by atoms with E-state index in [0.29, 0.717) is 6.54 Å². The van der Waals surface area contributed by atoms with E-state index in [9.17, 15) is 4.79 Å². The first kappa shape index (κ1) is 15.9. The molecule has 1 aliphatic heterocycles. The molecular weight excluding hydrogens is 312 g/mol. The third-order valence-electron chi connectivity index (χ3n) is 3.85. The van der Waals surface area contributed by atoms with Crippen LogP contribution in [0.3, 0.4) is 0 Å². The van der Waals surface area contributed by atoms with Gasteiger partial charge in [-0.05, 0) is 6.42 Å². The number of piperazine rings is 1. The molecule has 0 bridgehead atoms. The molecule has 0 spiro atoms. The molecule has 0 unspecified atom stereocenters. The Labute approximate surface area is 139 Å². The molecule has 3 rings (SSSR count). The van der Waals surface area contributed by atoms with E-state index in [0.717, 1.165) is 50.1 Å². The van der Waals surface area contributed by atoms with Gasteiger partial charge in [-0.3, -0.25) is 9.69 Å². The van der Waals surface area contributed by atoms with Gasteiger partial charge >= 0.3 is 0 Å². The number of nitrogens with zero attached hydrogens (tertiary/aromatic N) is 5. The molecule has 2 aromatic heterocycles. The molecule has 0 aromatic carbocycles. The molecule has 1 saturated heterocycles. The summed E-state index contributed by atoms with van der Waals surface area (Å²) < 4.78 is 1.83. The average molecular weight is 334 g/mol. The Kier molecular flexibility index (Phi) is 5.24. The molecule has 1 amide bonds. The molecule has 0 radical (unpaired) electrons. The molecule has 0 saturated carbocycles. The smallest absolute Gasteiger partial charge is 0.239 e. The van der Waals surface area contributed by atoms with Crippen molar-refractivity contribution >= 4 is 28.2 Å². The number of hydrogen-bond acceptors (Lipinski definition) is 6. The summed E-state index contributed by atoms with van der Waals surface area (Å²) in [5.41, 5.74) is 0. The van der Waals surface area contributed by atoms with Gasteiger partial charge < -0.3 is 10.2 Å². The van der Waals surface area contributed by atoms with Crippen molar-refractivity contribution in [1.82, 2.24) is 19.7 Å². The minimum absolute atomic E-state index is 0.0190. The van der Waals surface area contributed by atoms with Crippen molar-refractivity contribution in [2.75, 3.05) is 42.9 Å². The third kappa shape index (κ3) is 4.08. The highest BCUT2D eigenvalue weighted by molar-refractivity contribution is 7.13. The fourth-order valence-corrected chi connectivity index (χ4v) is 3.38. The van der Waals surface area contributed by atoms with Crippen molar-refractivity contribution in [2.45, 2.75) is 19.9 Å². The van der Waals surface area contributed by atoms with Crippen molar-refractivity contribution < 1.29 is 4.79 Å². The molecule has 124 valence electrons. The lowest BCUT2D eigenvalue weighted by atomic mass is 10.3. The first-order chi connectivity index (χ1) is 11.3. The van der Waals surface area contributed by atoms with Gasteiger partial charge in [-0.2, -0.15) is 5.10 Å². The summed E-state index contributed by atoms with van der Waals surface area (Å²) in [6.45, 7) is 6.90. The summed E-state index contributed by atoms with van der Waals surface area (Å²) in [5, 5.41) is 10.2. The second-order valence-electron chi connectivity index (χ2n) is 5.57. The molecule has 2 aromatic rings. The number of carbonyl (C=O) groups excluding carboxylic acids is 1. The number of aryl methyl sites for hydroxylation is 1. The number of hydrogen-bond donors (Lipinski definition) is 1. The van der Waals surface area contributed by atoms with Crippen LogP contribution < -0.4 is 10.2 Å². The maximum atomic E-state index is 12.2. The maximum Gasteiger partial charge on any atom is 0.239 e. The van der Waals surface area contributed by atoms with Crippen molar-refractivity contribution in [3.8, 4) is 0 Å². The van der Waals surface area contributed by atoms with Gasteiger partial charge in [0.1, 0.15) is 5.82 Å². The minimum Gasteiger partial charge on any atom is -0.346 e. The number of rotatable bonds is 6. The zero-order valence-electron chi connectivity index (χ0n) is 13.3. The monoisotopic (exact) mass is 334 g/mol. The Morgan fingerprint density at radius 2 is 2.13 bits per heavy atom. The van der Waals surface area contributed by atoms with Gasteiger partial charge in [-0.1, -0.05) is 6.92 Å². The van der Waals surface area contributed by atoms with Crippen LogP contribution >= 0.6 is 11.3 Å². The van der Waals surface area contributed by atoms with Gasteiger partial charge in [0.25, 0.3) is 0 Å². The third-order valence-corrected chi connectivity index (χ3v) is 4.68. The maximum absolute atomic E-state index is 12.2. The SMILES string of the molecule is CCCn1nccc1NC(=O)CN1CCN(c2nccs2)CC1. The largest absolute Gasteiger partial charge is 0.346 e. The van der Waals surface area contributed by atoms with Gasteiger partial charge in [0.05, 0.1) is 12.7 Å². The fourth-order valence-electron chi connectivity index (χ4n) is 2.68. The van der Waals surface area contributed by atoms with Gasteiger partial charge in [0.15, 0.2) is 5.13 Å². The fraction of sp³-hybridized carbons (Fsp3) is 0.533. The molecule has 7 nitrogen and oxygen atoms in total. The first-order valence-electron chi connectivity index (χ1n) is 7.94. The van der Waals surface area contributed by atoms with Crippen LogP contribution in [0.5, 0.6) is 0 Å². The molecule has 3 heterocycles. The quantitative estimate of drug-likeness (QED) is 0.867. The topological polar surface area (TPSA) is 66.3 Å². The lowest BCUT2D eigenvalue weighted by Gasteiger charge is -2.34. The predicted octanol–water partition coefficient (Wildman–Crippen LogP) is 1.51. The molecule has 1 fully saturated rings. The van der Waals surface area contributed by atoms with E-state index in [1.54, 1.807) is 17.5 Å². The van der Waals surface area contributed by atoms with Crippen molar-refractivity contribution in [2.24, 2.45) is 0 Å². The molecule has 0 aliphatic carbocycles. The number of aromatic nitrogens is 3. The Morgan fingerprint density at radius 1 is 1.30 bits per heavy atom. The van der Waals surface area contributed by atoms with Crippen molar-refractivity contribution in [3.05, 3.63) is 23.8 Å².